The van der Waals surface area contributed by atoms with Gasteiger partial charge >= 0.3 is 12.0 Å². The van der Waals surface area contributed by atoms with E-state index in [2.05, 4.69) is 4.90 Å². The molecular weight excluding hydrogens is 264 g/mol. The summed E-state index contributed by atoms with van der Waals surface area (Å²) in [6.45, 7) is 3.12. The van der Waals surface area contributed by atoms with Crippen molar-refractivity contribution in [2.75, 3.05) is 39.8 Å². The molecule has 0 aliphatic carbocycles. The van der Waals surface area contributed by atoms with Crippen molar-refractivity contribution >= 4 is 17.9 Å². The third kappa shape index (κ3) is 4.69. The Kier molecular flexibility index (Phi) is 5.75. The lowest BCUT2D eigenvalue weighted by Gasteiger charge is -2.32. The first-order valence-corrected chi connectivity index (χ1v) is 6.55. The number of primary amides is 1. The number of hydrogen-bond acceptors (Lipinski definition) is 4. The zero-order valence-electron chi connectivity index (χ0n) is 11.9. The number of urea groups is 1. The van der Waals surface area contributed by atoms with Crippen LogP contribution < -0.4 is 5.73 Å². The van der Waals surface area contributed by atoms with Gasteiger partial charge in [-0.25, -0.2) is 4.79 Å². The van der Waals surface area contributed by atoms with E-state index in [1.165, 1.54) is 0 Å². The average Bonchev–Trinajstić information content (AvgIpc) is 2.47. The molecule has 1 heterocycles. The van der Waals surface area contributed by atoms with Gasteiger partial charge in [-0.2, -0.15) is 0 Å². The molecule has 1 aliphatic rings. The second kappa shape index (κ2) is 7.09. The molecule has 3 amide bonds. The Hall–Kier alpha value is -1.83. The van der Waals surface area contributed by atoms with Gasteiger partial charge in [-0.05, 0) is 26.9 Å². The Morgan fingerprint density at radius 3 is 2.50 bits per heavy atom. The molecule has 0 spiro atoms. The molecule has 0 radical (unpaired) electrons. The lowest BCUT2D eigenvalue weighted by molar-refractivity contribution is -0.138. The third-order valence-electron chi connectivity index (χ3n) is 3.24. The molecule has 8 nitrogen and oxygen atoms in total. The van der Waals surface area contributed by atoms with Crippen molar-refractivity contribution in [2.45, 2.75) is 19.4 Å². The maximum absolute atomic E-state index is 12.4. The Labute approximate surface area is 118 Å². The maximum atomic E-state index is 12.4. The second-order valence-corrected chi connectivity index (χ2v) is 5.16. The number of rotatable bonds is 4. The monoisotopic (exact) mass is 286 g/mol. The smallest absolute Gasteiger partial charge is 0.323 e. The number of carbonyl (C=O) groups excluding carboxylic acids is 2. The van der Waals surface area contributed by atoms with Crippen LogP contribution in [0.3, 0.4) is 0 Å². The summed E-state index contributed by atoms with van der Waals surface area (Å²) in [7, 11) is 1.98. The van der Waals surface area contributed by atoms with Gasteiger partial charge in [0.2, 0.25) is 5.91 Å². The summed E-state index contributed by atoms with van der Waals surface area (Å²) in [5.41, 5.74) is 5.07. The topological polar surface area (TPSA) is 107 Å². The zero-order chi connectivity index (χ0) is 15.3. The number of carbonyl (C=O) groups is 3. The zero-order valence-corrected chi connectivity index (χ0v) is 11.9. The number of carboxylic acids is 1. The Morgan fingerprint density at radius 2 is 1.95 bits per heavy atom. The minimum Gasteiger partial charge on any atom is -0.480 e. The van der Waals surface area contributed by atoms with Crippen molar-refractivity contribution in [3.63, 3.8) is 0 Å². The van der Waals surface area contributed by atoms with Gasteiger partial charge in [-0.3, -0.25) is 9.59 Å². The summed E-state index contributed by atoms with van der Waals surface area (Å²) in [6.07, 6.45) is 0.810. The Balaban J connectivity index is 2.80. The number of hydrogen-bond donors (Lipinski definition) is 2. The Morgan fingerprint density at radius 1 is 1.30 bits per heavy atom. The SMILES string of the molecule is CC1CN(C)CCCN1C(=O)N(CC(N)=O)CC(=O)O. The molecule has 0 aromatic carbocycles. The van der Waals surface area contributed by atoms with E-state index in [1.807, 2.05) is 14.0 Å². The molecule has 114 valence electrons. The average molecular weight is 286 g/mol. The highest BCUT2D eigenvalue weighted by atomic mass is 16.4. The molecule has 0 bridgehead atoms. The van der Waals surface area contributed by atoms with Crippen LogP contribution in [0.2, 0.25) is 0 Å². The summed E-state index contributed by atoms with van der Waals surface area (Å²) >= 11 is 0. The largest absolute Gasteiger partial charge is 0.480 e. The number of likely N-dealkylation sites (N-methyl/N-ethyl adjacent to an activating group) is 1. The van der Waals surface area contributed by atoms with Gasteiger partial charge in [-0.1, -0.05) is 0 Å². The van der Waals surface area contributed by atoms with Crippen LogP contribution in [0.25, 0.3) is 0 Å². The van der Waals surface area contributed by atoms with Crippen LogP contribution >= 0.6 is 0 Å². The van der Waals surface area contributed by atoms with Crippen LogP contribution in [-0.2, 0) is 9.59 Å². The van der Waals surface area contributed by atoms with Gasteiger partial charge < -0.3 is 25.5 Å². The fraction of sp³-hybridized carbons (Fsp3) is 0.750. The number of aliphatic carboxylic acids is 1. The molecule has 0 saturated carbocycles. The molecule has 1 aliphatic heterocycles. The normalized spacial score (nSPS) is 20.3. The quantitative estimate of drug-likeness (QED) is 0.689. The second-order valence-electron chi connectivity index (χ2n) is 5.16. The summed E-state index contributed by atoms with van der Waals surface area (Å²) in [5.74, 6) is -1.89. The predicted octanol–water partition coefficient (Wildman–Crippen LogP) is -0.996. The van der Waals surface area contributed by atoms with Crippen LogP contribution in [0.1, 0.15) is 13.3 Å². The molecule has 8 heteroatoms. The van der Waals surface area contributed by atoms with Crippen LogP contribution in [0.5, 0.6) is 0 Å². The molecule has 1 rings (SSSR count). The van der Waals surface area contributed by atoms with E-state index in [4.69, 9.17) is 10.8 Å². The first-order valence-electron chi connectivity index (χ1n) is 6.55. The fourth-order valence-corrected chi connectivity index (χ4v) is 2.38. The van der Waals surface area contributed by atoms with Gasteiger partial charge in [0, 0.05) is 19.1 Å². The highest BCUT2D eigenvalue weighted by Gasteiger charge is 2.29. The molecule has 0 aromatic heterocycles. The highest BCUT2D eigenvalue weighted by Crippen LogP contribution is 2.11. The summed E-state index contributed by atoms with van der Waals surface area (Å²) < 4.78 is 0. The standard InChI is InChI=1S/C12H22N4O4/c1-9-6-14(2)4-3-5-16(9)12(20)15(7-10(13)17)8-11(18)19/h9H,3-8H2,1-2H3,(H2,13,17)(H,18,19). The van der Waals surface area contributed by atoms with Crippen molar-refractivity contribution in [3.8, 4) is 0 Å². The fourth-order valence-electron chi connectivity index (χ4n) is 2.38. The molecule has 1 saturated heterocycles. The minimum atomic E-state index is -1.17. The summed E-state index contributed by atoms with van der Waals surface area (Å²) in [4.78, 5) is 38.9. The van der Waals surface area contributed by atoms with Crippen molar-refractivity contribution in [3.05, 3.63) is 0 Å². The Bertz CT molecular complexity index is 372. The molecule has 1 atom stereocenters. The third-order valence-corrected chi connectivity index (χ3v) is 3.24. The van der Waals surface area contributed by atoms with Gasteiger partial charge in [0.05, 0.1) is 0 Å². The first kappa shape index (κ1) is 16.2. The first-order chi connectivity index (χ1) is 9.31. The molecule has 1 unspecified atom stereocenters. The van der Waals surface area contributed by atoms with Gasteiger partial charge in [-0.15, -0.1) is 0 Å². The van der Waals surface area contributed by atoms with E-state index in [1.54, 1.807) is 4.90 Å². The van der Waals surface area contributed by atoms with E-state index in [9.17, 15) is 14.4 Å². The van der Waals surface area contributed by atoms with E-state index >= 15 is 0 Å². The van der Waals surface area contributed by atoms with Crippen molar-refractivity contribution in [1.82, 2.24) is 14.7 Å². The van der Waals surface area contributed by atoms with Gasteiger partial charge in [0.15, 0.2) is 0 Å². The van der Waals surface area contributed by atoms with Crippen molar-refractivity contribution in [2.24, 2.45) is 5.73 Å². The minimum absolute atomic E-state index is 0.0424. The molecule has 20 heavy (non-hydrogen) atoms. The lowest BCUT2D eigenvalue weighted by atomic mass is 10.3. The van der Waals surface area contributed by atoms with Gasteiger partial charge in [0.1, 0.15) is 13.1 Å². The van der Waals surface area contributed by atoms with Crippen LogP contribution in [-0.4, -0.2) is 83.5 Å². The van der Waals surface area contributed by atoms with Crippen LogP contribution in [0.15, 0.2) is 0 Å². The lowest BCUT2D eigenvalue weighted by Crippen LogP contribution is -2.52. The number of carboxylic acid groups (broad SMARTS) is 1. The van der Waals surface area contributed by atoms with E-state index < -0.39 is 24.5 Å². The van der Waals surface area contributed by atoms with E-state index in [0.717, 1.165) is 17.9 Å². The molecule has 0 aromatic rings. The highest BCUT2D eigenvalue weighted by molar-refractivity contribution is 5.86. The van der Waals surface area contributed by atoms with Gasteiger partial charge in [0.25, 0.3) is 0 Å². The number of nitrogens with zero attached hydrogens (tertiary/aromatic N) is 3. The summed E-state index contributed by atoms with van der Waals surface area (Å²) in [6, 6.07) is -0.492. The van der Waals surface area contributed by atoms with Crippen molar-refractivity contribution in [1.29, 1.82) is 0 Å². The number of amides is 3. The summed E-state index contributed by atoms with van der Waals surface area (Å²) in [5, 5.41) is 8.83. The van der Waals surface area contributed by atoms with Crippen LogP contribution in [0.4, 0.5) is 4.79 Å². The van der Waals surface area contributed by atoms with Crippen LogP contribution in [0, 0.1) is 0 Å². The van der Waals surface area contributed by atoms with E-state index in [0.29, 0.717) is 13.1 Å². The van der Waals surface area contributed by atoms with E-state index in [-0.39, 0.29) is 12.6 Å². The molecular formula is C12H22N4O4. The number of nitrogens with two attached hydrogens (primary N) is 1. The predicted molar refractivity (Wildman–Crippen MR) is 72.1 cm³/mol. The maximum Gasteiger partial charge on any atom is 0.323 e. The molecule has 3 N–H and O–H groups in total. The molecule has 1 fully saturated rings. The van der Waals surface area contributed by atoms with Crippen molar-refractivity contribution < 1.29 is 19.5 Å².